The summed E-state index contributed by atoms with van der Waals surface area (Å²) in [6.07, 6.45) is 0. The first-order chi connectivity index (χ1) is 0. The van der Waals surface area contributed by atoms with Gasteiger partial charge in [0.1, 0.15) is 0 Å². The first-order valence-corrected chi connectivity index (χ1v) is 0. The molecule has 0 saturated heterocycles. The van der Waals surface area contributed by atoms with Crippen molar-refractivity contribution in [3.63, 3.8) is 0 Å². The zero-order valence-electron chi connectivity index (χ0n) is 1.93. The Bertz CT molecular complexity index is 6.00. The summed E-state index contributed by atoms with van der Waals surface area (Å²) >= 11 is 0. The fraction of sp³-hybridized carbons (Fsp3) is 0. The second-order valence-corrected chi connectivity index (χ2v) is 0. The van der Waals surface area contributed by atoms with Gasteiger partial charge in [-0.3, -0.25) is 0 Å². The van der Waals surface area contributed by atoms with Gasteiger partial charge in [0.15, 0.2) is 0 Å². The van der Waals surface area contributed by atoms with E-state index in [4.69, 9.17) is 0 Å². The monoisotopic (exact) mass is 274 g/mol. The fourth-order valence-electron chi connectivity index (χ4n) is 0. The quantitative estimate of drug-likeness (QED) is 0.565. The van der Waals surface area contributed by atoms with Gasteiger partial charge in [-0.25, -0.2) is 0 Å². The molecule has 0 N–H and O–H groups in total. The summed E-state index contributed by atoms with van der Waals surface area (Å²) in [5.41, 5.74) is 0. The Kier molecular flexibility index (Phi) is 210. The van der Waals surface area contributed by atoms with Crippen molar-refractivity contribution in [2.75, 3.05) is 0 Å². The molecule has 4 heteroatoms. The Morgan fingerprint density at radius 1 is 0.750 bits per heavy atom. The van der Waals surface area contributed by atoms with Gasteiger partial charge in [0.2, 0.25) is 0 Å². The molecule has 0 heterocycles. The molecule has 0 aromatic heterocycles. The maximum absolute atomic E-state index is 0. The van der Waals surface area contributed by atoms with E-state index in [0.717, 1.165) is 0 Å². The second kappa shape index (κ2) is 20.9. The average Bonchev–Trinajstić information content (AvgIpc) is 0. The van der Waals surface area contributed by atoms with Gasteiger partial charge in [-0.15, -0.1) is 41.8 Å². The van der Waals surface area contributed by atoms with Crippen LogP contribution in [0.25, 0.3) is 0 Å². The van der Waals surface area contributed by atoms with Crippen molar-refractivity contribution in [3.05, 3.63) is 0 Å². The Hall–Kier alpha value is 1.86. The maximum atomic E-state index is 0. The first-order valence-electron chi connectivity index (χ1n) is 0. The molecule has 0 unspecified atom stereocenters. The molecule has 30 valence electrons. The first kappa shape index (κ1) is 40.0. The third kappa shape index (κ3) is 9.13. The van der Waals surface area contributed by atoms with E-state index in [0.29, 0.717) is 0 Å². The molecule has 0 bridgehead atoms. The summed E-state index contributed by atoms with van der Waals surface area (Å²) in [6.45, 7) is 0. The van der Waals surface area contributed by atoms with Gasteiger partial charge in [0.25, 0.3) is 0 Å². The molecule has 0 aromatic rings. The molecule has 0 saturated carbocycles. The Labute approximate surface area is 65.3 Å². The molecule has 0 rings (SSSR count). The summed E-state index contributed by atoms with van der Waals surface area (Å²) in [6, 6.07) is 0. The van der Waals surface area contributed by atoms with Crippen LogP contribution in [0, 0.1) is 0 Å². The molecule has 0 amide bonds. The normalized spacial score (nSPS) is 0. The Morgan fingerprint density at radius 3 is 0.750 bits per heavy atom. The summed E-state index contributed by atoms with van der Waals surface area (Å²) in [4.78, 5) is 0. The fourth-order valence-corrected chi connectivity index (χ4v) is 0. The van der Waals surface area contributed by atoms with E-state index < -0.39 is 0 Å². The van der Waals surface area contributed by atoms with E-state index in [-0.39, 0.29) is 65.7 Å². The number of halogens is 3. The molecule has 2 radical (unpaired) electrons. The summed E-state index contributed by atoms with van der Waals surface area (Å²) in [7, 11) is 0. The predicted molar refractivity (Wildman–Crippen MR) is 33.4 cm³/mol. The molecule has 0 aliphatic heterocycles. The molecule has 0 aliphatic carbocycles. The van der Waals surface area contributed by atoms with Crippen LogP contribution in [-0.4, -0.2) is 23.9 Å². The average molecular weight is 275 g/mol. The zero-order valence-corrected chi connectivity index (χ0v) is 9.31. The van der Waals surface area contributed by atoms with E-state index in [1.807, 2.05) is 0 Å². The number of rotatable bonds is 0. The summed E-state index contributed by atoms with van der Waals surface area (Å²) < 4.78 is 0. The minimum atomic E-state index is 0. The van der Waals surface area contributed by atoms with Crippen molar-refractivity contribution in [1.82, 2.24) is 0 Å². The summed E-state index contributed by atoms with van der Waals surface area (Å²) in [5.74, 6) is 0. The Balaban J connectivity index is 0. The van der Waals surface area contributed by atoms with E-state index in [2.05, 4.69) is 0 Å². The third-order valence-electron chi connectivity index (χ3n) is 0. The number of hydrogen-bond acceptors (Lipinski definition) is 0. The molecule has 0 fully saturated rings. The van der Waals surface area contributed by atoms with Crippen molar-refractivity contribution < 1.29 is 0 Å². The van der Waals surface area contributed by atoms with Crippen molar-refractivity contribution >= 4 is 65.7 Å². The van der Waals surface area contributed by atoms with Crippen molar-refractivity contribution in [2.45, 2.75) is 0 Å². The Morgan fingerprint density at radius 2 is 0.750 bits per heavy atom. The predicted octanol–water partition coefficient (Wildman–Crippen LogP) is 0.505. The molecular weight excluding hydrogens is 270 g/mol. The van der Waals surface area contributed by atoms with Crippen molar-refractivity contribution in [1.29, 1.82) is 0 Å². The van der Waals surface area contributed by atoms with Crippen LogP contribution in [0.2, 0.25) is 0 Å². The summed E-state index contributed by atoms with van der Waals surface area (Å²) in [5, 5.41) is 0. The van der Waals surface area contributed by atoms with Gasteiger partial charge in [0, 0.05) is 0 Å². The third-order valence-corrected chi connectivity index (χ3v) is 0. The van der Waals surface area contributed by atoms with Gasteiger partial charge in [-0.2, -0.15) is 0 Å². The van der Waals surface area contributed by atoms with Crippen LogP contribution in [0.5, 0.6) is 0 Å². The minimum absolute atomic E-state index is 0. The standard InChI is InChI=1S/BrH.2ClH.Sn.2H/h3*1H;;;. The molecule has 0 aliphatic rings. The SMILES string of the molecule is Br.Cl.Cl.[SnH2]. The van der Waals surface area contributed by atoms with Crippen molar-refractivity contribution in [3.8, 4) is 0 Å². The van der Waals surface area contributed by atoms with Crippen LogP contribution < -0.4 is 0 Å². The number of hydrogen-bond donors (Lipinski definition) is 0. The topological polar surface area (TPSA) is 0 Å². The van der Waals surface area contributed by atoms with Crippen molar-refractivity contribution in [2.24, 2.45) is 0 Å². The van der Waals surface area contributed by atoms with Crippen LogP contribution in [0.4, 0.5) is 0 Å². The second-order valence-electron chi connectivity index (χ2n) is 0. The van der Waals surface area contributed by atoms with Gasteiger partial charge < -0.3 is 0 Å². The molecule has 4 heavy (non-hydrogen) atoms. The van der Waals surface area contributed by atoms with Crippen LogP contribution in [0.15, 0.2) is 0 Å². The van der Waals surface area contributed by atoms with Gasteiger partial charge >= 0.3 is 23.9 Å². The van der Waals surface area contributed by atoms with Crippen LogP contribution in [0.3, 0.4) is 0 Å². The van der Waals surface area contributed by atoms with Crippen LogP contribution in [-0.2, 0) is 0 Å². The molecule has 0 aromatic carbocycles. The van der Waals surface area contributed by atoms with Gasteiger partial charge in [0.05, 0.1) is 0 Å². The molecule has 0 spiro atoms. The molecule has 0 nitrogen and oxygen atoms in total. The van der Waals surface area contributed by atoms with Gasteiger partial charge in [-0.1, -0.05) is 0 Å². The van der Waals surface area contributed by atoms with Crippen LogP contribution in [0.1, 0.15) is 0 Å². The molecular formula is H5BrCl2Sn. The van der Waals surface area contributed by atoms with E-state index in [1.54, 1.807) is 0 Å². The van der Waals surface area contributed by atoms with Gasteiger partial charge in [-0.05, 0) is 0 Å². The molecule has 0 atom stereocenters. The van der Waals surface area contributed by atoms with E-state index in [1.165, 1.54) is 0 Å². The van der Waals surface area contributed by atoms with E-state index in [9.17, 15) is 0 Å². The van der Waals surface area contributed by atoms with E-state index >= 15 is 0 Å². The van der Waals surface area contributed by atoms with Crippen LogP contribution >= 0.6 is 41.8 Å². The zero-order chi connectivity index (χ0) is 0.